The van der Waals surface area contributed by atoms with Gasteiger partial charge in [-0.25, -0.2) is 4.79 Å². The molecule has 1 aromatic rings. The van der Waals surface area contributed by atoms with E-state index in [9.17, 15) is 22.4 Å². The van der Waals surface area contributed by atoms with Gasteiger partial charge in [-0.15, -0.1) is 0 Å². The van der Waals surface area contributed by atoms with Crippen molar-refractivity contribution in [3.63, 3.8) is 0 Å². The lowest BCUT2D eigenvalue weighted by Gasteiger charge is -2.21. The summed E-state index contributed by atoms with van der Waals surface area (Å²) in [5.41, 5.74) is 0.155. The lowest BCUT2D eigenvalue weighted by molar-refractivity contribution is -0.145. The lowest BCUT2D eigenvalue weighted by atomic mass is 10.1. The minimum Gasteiger partial charge on any atom is -0.465 e. The number of esters is 1. The van der Waals surface area contributed by atoms with E-state index in [2.05, 4.69) is 4.74 Å². The van der Waals surface area contributed by atoms with Crippen molar-refractivity contribution >= 4 is 21.9 Å². The number of hydrogen-bond acceptors (Lipinski definition) is 2. The fourth-order valence-corrected chi connectivity index (χ4v) is 1.37. The molecule has 0 aliphatic heterocycles. The van der Waals surface area contributed by atoms with Gasteiger partial charge in [0.2, 0.25) is 0 Å². The zero-order valence-corrected chi connectivity index (χ0v) is 10.8. The number of benzene rings is 1. The number of alkyl halides is 5. The summed E-state index contributed by atoms with van der Waals surface area (Å²) in [6, 6.07) is 4.84. The maximum absolute atomic E-state index is 13.1. The maximum atomic E-state index is 13.1. The van der Waals surface area contributed by atoms with Crippen molar-refractivity contribution in [3.8, 4) is 0 Å². The standard InChI is InChI=1S/C11H9BrF4O2/c1-18-9(17)8-4-2-7(3-5-8)6-10(13,14)11(12,15)16/h2-5H,6H2,1H3. The molecule has 1 aromatic carbocycles. The van der Waals surface area contributed by atoms with Gasteiger partial charge >= 0.3 is 16.7 Å². The number of halogens is 5. The van der Waals surface area contributed by atoms with Gasteiger partial charge in [-0.1, -0.05) is 12.1 Å². The van der Waals surface area contributed by atoms with Crippen LogP contribution in [0.15, 0.2) is 24.3 Å². The molecule has 0 unspecified atom stereocenters. The van der Waals surface area contributed by atoms with Crippen LogP contribution >= 0.6 is 15.9 Å². The van der Waals surface area contributed by atoms with E-state index in [0.29, 0.717) is 0 Å². The molecule has 0 aliphatic rings. The van der Waals surface area contributed by atoms with Crippen LogP contribution in [0.5, 0.6) is 0 Å². The lowest BCUT2D eigenvalue weighted by Crippen LogP contribution is -2.37. The summed E-state index contributed by atoms with van der Waals surface area (Å²) < 4.78 is 55.6. The van der Waals surface area contributed by atoms with Crippen LogP contribution in [0, 0.1) is 0 Å². The molecular weight excluding hydrogens is 320 g/mol. The summed E-state index contributed by atoms with van der Waals surface area (Å²) in [6.45, 7) is 0. The van der Waals surface area contributed by atoms with Gasteiger partial charge in [-0.05, 0) is 33.6 Å². The highest BCUT2D eigenvalue weighted by atomic mass is 79.9. The first-order chi connectivity index (χ1) is 8.17. The van der Waals surface area contributed by atoms with Gasteiger partial charge in [-0.3, -0.25) is 0 Å². The van der Waals surface area contributed by atoms with Gasteiger partial charge in [0, 0.05) is 6.42 Å². The summed E-state index contributed by atoms with van der Waals surface area (Å²) in [4.78, 5) is 6.79. The fraction of sp³-hybridized carbons (Fsp3) is 0.364. The second kappa shape index (κ2) is 5.26. The number of carbonyl (C=O) groups is 1. The average Bonchev–Trinajstić information content (AvgIpc) is 2.27. The van der Waals surface area contributed by atoms with Gasteiger partial charge < -0.3 is 4.74 Å². The topological polar surface area (TPSA) is 26.3 Å². The van der Waals surface area contributed by atoms with E-state index in [1.54, 1.807) is 15.9 Å². The molecule has 0 atom stereocenters. The van der Waals surface area contributed by atoms with Gasteiger partial charge in [0.15, 0.2) is 0 Å². The zero-order chi connectivity index (χ0) is 14.0. The molecule has 2 nitrogen and oxygen atoms in total. The largest absolute Gasteiger partial charge is 0.465 e. The maximum Gasteiger partial charge on any atom is 0.363 e. The van der Waals surface area contributed by atoms with E-state index in [1.807, 2.05) is 0 Å². The number of hydrogen-bond donors (Lipinski definition) is 0. The van der Waals surface area contributed by atoms with Crippen molar-refractivity contribution < 1.29 is 27.1 Å². The molecule has 18 heavy (non-hydrogen) atoms. The third-order valence-electron chi connectivity index (χ3n) is 2.22. The molecule has 7 heteroatoms. The first kappa shape index (κ1) is 14.9. The molecule has 0 spiro atoms. The quantitative estimate of drug-likeness (QED) is 0.479. The van der Waals surface area contributed by atoms with E-state index in [4.69, 9.17) is 0 Å². The third-order valence-corrected chi connectivity index (χ3v) is 2.80. The van der Waals surface area contributed by atoms with E-state index in [1.165, 1.54) is 31.4 Å². The van der Waals surface area contributed by atoms with Crippen LogP contribution in [0.25, 0.3) is 0 Å². The Hall–Kier alpha value is -1.11. The highest BCUT2D eigenvalue weighted by Crippen LogP contribution is 2.41. The molecule has 0 amide bonds. The van der Waals surface area contributed by atoms with E-state index in [0.717, 1.165) is 0 Å². The van der Waals surface area contributed by atoms with Crippen molar-refractivity contribution in [2.24, 2.45) is 0 Å². The van der Waals surface area contributed by atoms with Crippen LogP contribution in [0.2, 0.25) is 0 Å². The van der Waals surface area contributed by atoms with Gasteiger partial charge in [-0.2, -0.15) is 17.6 Å². The minimum absolute atomic E-state index is 0.00761. The Bertz CT molecular complexity index is 426. The second-order valence-corrected chi connectivity index (χ2v) is 4.56. The molecule has 0 aliphatic carbocycles. The Labute approximate surface area is 109 Å². The molecule has 0 fully saturated rings. The Balaban J connectivity index is 2.85. The normalized spacial score (nSPS) is 12.3. The third kappa shape index (κ3) is 3.44. The molecule has 0 saturated carbocycles. The number of ether oxygens (including phenoxy) is 1. The van der Waals surface area contributed by atoms with E-state index < -0.39 is 23.1 Å². The molecule has 100 valence electrons. The smallest absolute Gasteiger partial charge is 0.363 e. The average molecular weight is 329 g/mol. The van der Waals surface area contributed by atoms with Gasteiger partial charge in [0.05, 0.1) is 12.7 Å². The molecule has 0 aromatic heterocycles. The Kier molecular flexibility index (Phi) is 4.37. The molecular formula is C11H9BrF4O2. The summed E-state index contributed by atoms with van der Waals surface area (Å²) >= 11 is 1.65. The number of carbonyl (C=O) groups excluding carboxylic acids is 1. The highest BCUT2D eigenvalue weighted by Gasteiger charge is 2.53. The zero-order valence-electron chi connectivity index (χ0n) is 9.22. The fourth-order valence-electron chi connectivity index (χ4n) is 1.23. The van der Waals surface area contributed by atoms with Crippen molar-refractivity contribution in [3.05, 3.63) is 35.4 Å². The summed E-state index contributed by atoms with van der Waals surface area (Å²) in [5, 5.41) is 0. The Morgan fingerprint density at radius 1 is 1.22 bits per heavy atom. The van der Waals surface area contributed by atoms with Gasteiger partial charge in [0.1, 0.15) is 0 Å². The van der Waals surface area contributed by atoms with Gasteiger partial charge in [0.25, 0.3) is 0 Å². The van der Waals surface area contributed by atoms with Crippen molar-refractivity contribution in [1.82, 2.24) is 0 Å². The van der Waals surface area contributed by atoms with Crippen molar-refractivity contribution in [2.75, 3.05) is 7.11 Å². The molecule has 0 heterocycles. The van der Waals surface area contributed by atoms with Crippen LogP contribution in [0.3, 0.4) is 0 Å². The molecule has 0 bridgehead atoms. The van der Waals surface area contributed by atoms with Crippen LogP contribution in [0.1, 0.15) is 15.9 Å². The number of methoxy groups -OCH3 is 1. The van der Waals surface area contributed by atoms with E-state index >= 15 is 0 Å². The molecule has 0 saturated heterocycles. The minimum atomic E-state index is -4.28. The van der Waals surface area contributed by atoms with E-state index in [-0.39, 0.29) is 11.1 Å². The predicted octanol–water partition coefficient (Wildman–Crippen LogP) is 3.64. The summed E-state index contributed by atoms with van der Waals surface area (Å²) in [7, 11) is 1.18. The Morgan fingerprint density at radius 3 is 2.11 bits per heavy atom. The second-order valence-electron chi connectivity index (χ2n) is 3.57. The first-order valence-corrected chi connectivity index (χ1v) is 5.58. The Morgan fingerprint density at radius 2 is 1.72 bits per heavy atom. The molecule has 1 rings (SSSR count). The van der Waals surface area contributed by atoms with Crippen molar-refractivity contribution in [1.29, 1.82) is 0 Å². The predicted molar refractivity (Wildman–Crippen MR) is 60.3 cm³/mol. The van der Waals surface area contributed by atoms with Crippen LogP contribution < -0.4 is 0 Å². The van der Waals surface area contributed by atoms with Crippen LogP contribution in [-0.2, 0) is 11.2 Å². The molecule has 0 N–H and O–H groups in total. The highest BCUT2D eigenvalue weighted by molar-refractivity contribution is 9.10. The summed E-state index contributed by atoms with van der Waals surface area (Å²) in [6.07, 6.45) is -1.13. The SMILES string of the molecule is COC(=O)c1ccc(CC(F)(F)C(F)(F)Br)cc1. The van der Waals surface area contributed by atoms with Crippen LogP contribution in [-0.4, -0.2) is 23.8 Å². The van der Waals surface area contributed by atoms with Crippen LogP contribution in [0.4, 0.5) is 17.6 Å². The monoisotopic (exact) mass is 328 g/mol. The van der Waals surface area contributed by atoms with Crippen molar-refractivity contribution in [2.45, 2.75) is 17.2 Å². The first-order valence-electron chi connectivity index (χ1n) is 4.79. The number of rotatable bonds is 4. The molecule has 0 radical (unpaired) electrons. The summed E-state index contributed by atoms with van der Waals surface area (Å²) in [5.74, 6) is -4.83.